The number of hydrogen-bond acceptors (Lipinski definition) is 3. The number of nitrogens with zero attached hydrogens (tertiary/aromatic N) is 1. The van der Waals surface area contributed by atoms with Gasteiger partial charge in [-0.05, 0) is 60.7 Å². The Morgan fingerprint density at radius 2 is 1.88 bits per heavy atom. The topological polar surface area (TPSA) is 66.5 Å². The van der Waals surface area contributed by atoms with Gasteiger partial charge in [0.05, 0.1) is 4.90 Å². The first-order valence-corrected chi connectivity index (χ1v) is 9.92. The maximum atomic E-state index is 12.6. The van der Waals surface area contributed by atoms with Crippen LogP contribution in [0.15, 0.2) is 47.4 Å². The second kappa shape index (κ2) is 6.88. The summed E-state index contributed by atoms with van der Waals surface area (Å²) in [7, 11) is -3.63. The largest absolute Gasteiger partial charge is 0.312 e. The molecule has 3 rings (SSSR count). The molecule has 25 heavy (non-hydrogen) atoms. The quantitative estimate of drug-likeness (QED) is 0.911. The zero-order valence-electron chi connectivity index (χ0n) is 14.5. The summed E-state index contributed by atoms with van der Waals surface area (Å²) >= 11 is 0. The Kier molecular flexibility index (Phi) is 4.81. The summed E-state index contributed by atoms with van der Waals surface area (Å²) in [5.41, 5.74) is 3.47. The van der Waals surface area contributed by atoms with Crippen LogP contribution < -0.4 is 9.62 Å². The number of amides is 1. The third kappa shape index (κ3) is 3.69. The number of anilines is 2. The van der Waals surface area contributed by atoms with Crippen LogP contribution in [0.3, 0.4) is 0 Å². The van der Waals surface area contributed by atoms with Gasteiger partial charge in [0.1, 0.15) is 0 Å². The first-order chi connectivity index (χ1) is 11.9. The van der Waals surface area contributed by atoms with E-state index in [0.29, 0.717) is 12.2 Å². The molecule has 0 aromatic heterocycles. The van der Waals surface area contributed by atoms with E-state index in [1.807, 2.05) is 31.2 Å². The van der Waals surface area contributed by atoms with E-state index in [9.17, 15) is 13.2 Å². The molecule has 0 aliphatic carbocycles. The molecule has 0 radical (unpaired) electrons. The van der Waals surface area contributed by atoms with E-state index in [0.717, 1.165) is 36.1 Å². The van der Waals surface area contributed by atoms with Gasteiger partial charge in [0.2, 0.25) is 5.91 Å². The van der Waals surface area contributed by atoms with Crippen molar-refractivity contribution in [2.45, 2.75) is 38.0 Å². The molecule has 5 nitrogen and oxygen atoms in total. The lowest BCUT2D eigenvalue weighted by molar-refractivity contribution is -0.116. The molecule has 2 aromatic carbocycles. The summed E-state index contributed by atoms with van der Waals surface area (Å²) in [5, 5.41) is 0. The number of sulfonamides is 1. The Hall–Kier alpha value is -2.34. The average Bonchev–Trinajstić information content (AvgIpc) is 2.60. The maximum Gasteiger partial charge on any atom is 0.261 e. The van der Waals surface area contributed by atoms with Crippen molar-refractivity contribution in [3.05, 3.63) is 53.6 Å². The van der Waals surface area contributed by atoms with Crippen molar-refractivity contribution in [3.63, 3.8) is 0 Å². The molecule has 1 N–H and O–H groups in total. The van der Waals surface area contributed by atoms with Crippen LogP contribution in [0, 0.1) is 0 Å². The fraction of sp³-hybridized carbons (Fsp3) is 0.316. The highest BCUT2D eigenvalue weighted by molar-refractivity contribution is 7.92. The minimum absolute atomic E-state index is 0.00490. The van der Waals surface area contributed by atoms with Crippen molar-refractivity contribution in [3.8, 4) is 0 Å². The molecule has 132 valence electrons. The number of fused-ring (bicyclic) bond motifs is 1. The fourth-order valence-electron chi connectivity index (χ4n) is 3.11. The lowest BCUT2D eigenvalue weighted by atomic mass is 10.0. The Bertz CT molecular complexity index is 889. The highest BCUT2D eigenvalue weighted by atomic mass is 32.2. The number of rotatable bonds is 4. The number of nitrogens with one attached hydrogen (secondary N) is 1. The normalized spacial score (nSPS) is 14.1. The molecule has 6 heteroatoms. The van der Waals surface area contributed by atoms with Crippen molar-refractivity contribution in [2.75, 3.05) is 16.2 Å². The van der Waals surface area contributed by atoms with Crippen molar-refractivity contribution in [2.24, 2.45) is 0 Å². The van der Waals surface area contributed by atoms with Crippen LogP contribution in [0.2, 0.25) is 0 Å². The van der Waals surface area contributed by atoms with Gasteiger partial charge in [0.25, 0.3) is 10.0 Å². The summed E-state index contributed by atoms with van der Waals surface area (Å²) in [6.45, 7) is 4.28. The zero-order chi connectivity index (χ0) is 18.0. The van der Waals surface area contributed by atoms with Gasteiger partial charge in [-0.15, -0.1) is 0 Å². The molecule has 2 aromatic rings. The summed E-state index contributed by atoms with van der Waals surface area (Å²) in [6.07, 6.45) is 2.58. The molecule has 0 saturated heterocycles. The van der Waals surface area contributed by atoms with Gasteiger partial charge >= 0.3 is 0 Å². The Morgan fingerprint density at radius 1 is 1.16 bits per heavy atom. The van der Waals surface area contributed by atoms with Gasteiger partial charge in [-0.3, -0.25) is 9.52 Å². The van der Waals surface area contributed by atoms with E-state index in [2.05, 4.69) is 4.72 Å². The Labute approximate surface area is 148 Å². The molecule has 0 spiro atoms. The van der Waals surface area contributed by atoms with Crippen LogP contribution in [-0.4, -0.2) is 20.9 Å². The van der Waals surface area contributed by atoms with Gasteiger partial charge in [-0.2, -0.15) is 0 Å². The summed E-state index contributed by atoms with van der Waals surface area (Å²) in [6, 6.07) is 12.2. The van der Waals surface area contributed by atoms with Crippen molar-refractivity contribution >= 4 is 27.3 Å². The van der Waals surface area contributed by atoms with E-state index in [1.54, 1.807) is 30.0 Å². The van der Waals surface area contributed by atoms with Gasteiger partial charge in [-0.25, -0.2) is 8.42 Å². The van der Waals surface area contributed by atoms with Crippen LogP contribution in [0.5, 0.6) is 0 Å². The third-order valence-electron chi connectivity index (χ3n) is 4.47. The lowest BCUT2D eigenvalue weighted by Crippen LogP contribution is -2.33. The standard InChI is InChI=1S/C19H22N2O3S/c1-3-15-6-9-18(10-7-15)25(23,24)20-17-8-11-19-16(13-17)5-4-12-21(19)14(2)22/h6-11,13,20H,3-5,12H2,1-2H3. The average molecular weight is 358 g/mol. The Morgan fingerprint density at radius 3 is 2.52 bits per heavy atom. The SMILES string of the molecule is CCc1ccc(S(=O)(=O)Nc2ccc3c(c2)CCCN3C(C)=O)cc1. The maximum absolute atomic E-state index is 12.6. The first-order valence-electron chi connectivity index (χ1n) is 8.43. The van der Waals surface area contributed by atoms with Gasteiger partial charge in [0, 0.05) is 24.8 Å². The van der Waals surface area contributed by atoms with Crippen LogP contribution >= 0.6 is 0 Å². The number of aryl methyl sites for hydroxylation is 2. The van der Waals surface area contributed by atoms with E-state index in [-0.39, 0.29) is 10.8 Å². The Balaban J connectivity index is 1.86. The third-order valence-corrected chi connectivity index (χ3v) is 5.87. The van der Waals surface area contributed by atoms with E-state index in [4.69, 9.17) is 0 Å². The van der Waals surface area contributed by atoms with Crippen LogP contribution in [0.1, 0.15) is 31.4 Å². The second-order valence-corrected chi connectivity index (χ2v) is 7.90. The number of carbonyl (C=O) groups excluding carboxylic acids is 1. The highest BCUT2D eigenvalue weighted by Gasteiger charge is 2.21. The van der Waals surface area contributed by atoms with Crippen LogP contribution in [0.25, 0.3) is 0 Å². The summed E-state index contributed by atoms with van der Waals surface area (Å²) in [5.74, 6) is 0.00490. The van der Waals surface area contributed by atoms with Crippen LogP contribution in [0.4, 0.5) is 11.4 Å². The molecular weight excluding hydrogens is 336 g/mol. The monoisotopic (exact) mass is 358 g/mol. The van der Waals surface area contributed by atoms with E-state index >= 15 is 0 Å². The molecule has 1 amide bonds. The van der Waals surface area contributed by atoms with E-state index < -0.39 is 10.0 Å². The number of benzene rings is 2. The number of hydrogen-bond donors (Lipinski definition) is 1. The minimum atomic E-state index is -3.63. The number of carbonyl (C=O) groups is 1. The second-order valence-electron chi connectivity index (χ2n) is 6.22. The first kappa shape index (κ1) is 17.5. The molecular formula is C19H22N2O3S. The molecule has 0 bridgehead atoms. The predicted molar refractivity (Wildman–Crippen MR) is 99.4 cm³/mol. The molecule has 0 saturated carbocycles. The molecule has 0 atom stereocenters. The summed E-state index contributed by atoms with van der Waals surface area (Å²) in [4.78, 5) is 13.7. The smallest absolute Gasteiger partial charge is 0.261 e. The molecule has 1 aliphatic rings. The van der Waals surface area contributed by atoms with Crippen molar-refractivity contribution < 1.29 is 13.2 Å². The molecule has 0 fully saturated rings. The molecule has 1 aliphatic heterocycles. The van der Waals surface area contributed by atoms with Crippen LogP contribution in [-0.2, 0) is 27.7 Å². The van der Waals surface area contributed by atoms with Gasteiger partial charge in [0.15, 0.2) is 0 Å². The molecule has 1 heterocycles. The summed E-state index contributed by atoms with van der Waals surface area (Å²) < 4.78 is 27.8. The van der Waals surface area contributed by atoms with Gasteiger partial charge in [-0.1, -0.05) is 19.1 Å². The predicted octanol–water partition coefficient (Wildman–Crippen LogP) is 3.35. The minimum Gasteiger partial charge on any atom is -0.312 e. The van der Waals surface area contributed by atoms with E-state index in [1.165, 1.54) is 0 Å². The lowest BCUT2D eigenvalue weighted by Gasteiger charge is -2.29. The fourth-order valence-corrected chi connectivity index (χ4v) is 4.16. The highest BCUT2D eigenvalue weighted by Crippen LogP contribution is 2.30. The van der Waals surface area contributed by atoms with Crippen molar-refractivity contribution in [1.29, 1.82) is 0 Å². The van der Waals surface area contributed by atoms with Crippen molar-refractivity contribution in [1.82, 2.24) is 0 Å². The van der Waals surface area contributed by atoms with Gasteiger partial charge < -0.3 is 4.90 Å². The zero-order valence-corrected chi connectivity index (χ0v) is 15.3. The molecule has 0 unspecified atom stereocenters.